The van der Waals surface area contributed by atoms with Crippen LogP contribution >= 0.6 is 0 Å². The molecule has 0 heterocycles. The maximum atomic E-state index is 13.9. The van der Waals surface area contributed by atoms with Gasteiger partial charge < -0.3 is 25.4 Å². The van der Waals surface area contributed by atoms with Gasteiger partial charge in [-0.25, -0.2) is 9.59 Å². The van der Waals surface area contributed by atoms with Crippen LogP contribution in [-0.4, -0.2) is 65.1 Å². The van der Waals surface area contributed by atoms with Crippen LogP contribution in [0.2, 0.25) is 0 Å². The van der Waals surface area contributed by atoms with Crippen molar-refractivity contribution in [1.82, 2.24) is 5.32 Å². The Morgan fingerprint density at radius 3 is 1.56 bits per heavy atom. The van der Waals surface area contributed by atoms with Crippen molar-refractivity contribution in [1.29, 1.82) is 0 Å². The number of carbonyl (C=O) groups excluding carboxylic acids is 4. The van der Waals surface area contributed by atoms with E-state index in [1.165, 1.54) is 24.3 Å². The van der Waals surface area contributed by atoms with Crippen LogP contribution in [0, 0.1) is 0 Å². The van der Waals surface area contributed by atoms with Crippen molar-refractivity contribution in [3.05, 3.63) is 59.7 Å². The number of carbonyl (C=O) groups is 4. The van der Waals surface area contributed by atoms with E-state index in [0.29, 0.717) is 0 Å². The average Bonchev–Trinajstić information content (AvgIpc) is 2.91. The summed E-state index contributed by atoms with van der Waals surface area (Å²) >= 11 is 0. The van der Waals surface area contributed by atoms with Crippen LogP contribution in [0.5, 0.6) is 0 Å². The van der Waals surface area contributed by atoms with E-state index in [9.17, 15) is 58.7 Å². The molecule has 0 aromatic heterocycles. The Morgan fingerprint density at radius 1 is 0.646 bits per heavy atom. The molecule has 2 aromatic carbocycles. The molecule has 0 radical (unpaired) electrons. The summed E-state index contributed by atoms with van der Waals surface area (Å²) in [6.45, 7) is 9.66. The zero-order valence-corrected chi connectivity index (χ0v) is 26.3. The molecule has 3 amide bonds. The summed E-state index contributed by atoms with van der Waals surface area (Å²) in [6.07, 6.45) is -8.45. The molecular weight excluding hydrogens is 669 g/mol. The van der Waals surface area contributed by atoms with Crippen LogP contribution in [-0.2, 0) is 25.5 Å². The smallest absolute Gasteiger partial charge is 0.456 e. The van der Waals surface area contributed by atoms with Gasteiger partial charge in [-0.05, 0) is 83.5 Å². The Labute approximate surface area is 268 Å². The normalized spacial score (nSPS) is 13.6. The van der Waals surface area contributed by atoms with Crippen LogP contribution in [0.3, 0.4) is 0 Å². The number of ether oxygens (including phenoxy) is 2. The first-order valence-corrected chi connectivity index (χ1v) is 13.8. The highest BCUT2D eigenvalue weighted by Gasteiger charge is 2.83. The molecule has 9 nitrogen and oxygen atoms in total. The average molecular weight is 702 g/mol. The van der Waals surface area contributed by atoms with Crippen LogP contribution in [0.1, 0.15) is 57.5 Å². The molecule has 18 heteroatoms. The Morgan fingerprint density at radius 2 is 1.10 bits per heavy atom. The van der Waals surface area contributed by atoms with E-state index in [1.807, 2.05) is 0 Å². The molecule has 266 valence electrons. The van der Waals surface area contributed by atoms with Crippen LogP contribution in [0.15, 0.2) is 48.5 Å². The molecule has 0 unspecified atom stereocenters. The standard InChI is InChI=1S/C30H32F9N3O6/c1-25(2,3)47-22(44)17-9-13-18(14-10-17)40-21(43)20(42-24(46)48-26(4,5)6)15-16-7-11-19(12-8-16)41-23(45)27(31,32)28(33,34)29(35,36)30(37,38)39/h7-14,20H,15H2,1-6H3,(H,40,43)(H,41,45)(H,42,46)/t20-/m0/s1. The van der Waals surface area contributed by atoms with Gasteiger partial charge in [-0.3, -0.25) is 9.59 Å². The molecule has 0 aliphatic heterocycles. The van der Waals surface area contributed by atoms with Crippen LogP contribution < -0.4 is 16.0 Å². The predicted octanol–water partition coefficient (Wildman–Crippen LogP) is 7.12. The van der Waals surface area contributed by atoms with Crippen LogP contribution in [0.4, 0.5) is 55.7 Å². The molecule has 0 saturated carbocycles. The van der Waals surface area contributed by atoms with Crippen LogP contribution in [0.25, 0.3) is 0 Å². The monoisotopic (exact) mass is 701 g/mol. The molecular formula is C30H32F9N3O6. The van der Waals surface area contributed by atoms with E-state index in [2.05, 4.69) is 10.6 Å². The molecule has 2 rings (SSSR count). The van der Waals surface area contributed by atoms with Crippen molar-refractivity contribution in [2.24, 2.45) is 0 Å². The lowest BCUT2D eigenvalue weighted by Crippen LogP contribution is -2.64. The lowest BCUT2D eigenvalue weighted by molar-refractivity contribution is -0.388. The summed E-state index contributed by atoms with van der Waals surface area (Å²) in [7, 11) is 0. The summed E-state index contributed by atoms with van der Waals surface area (Å²) in [5.41, 5.74) is -1.93. The molecule has 2 aromatic rings. The van der Waals surface area contributed by atoms with Crippen molar-refractivity contribution >= 4 is 35.3 Å². The highest BCUT2D eigenvalue weighted by molar-refractivity contribution is 5.98. The fourth-order valence-corrected chi connectivity index (χ4v) is 3.60. The second-order valence-electron chi connectivity index (χ2n) is 12.3. The Balaban J connectivity index is 2.24. The van der Waals surface area contributed by atoms with Gasteiger partial charge in [0.05, 0.1) is 5.56 Å². The number of anilines is 2. The number of rotatable bonds is 10. The van der Waals surface area contributed by atoms with Gasteiger partial charge in [-0.1, -0.05) is 12.1 Å². The number of alkyl halides is 9. The number of nitrogens with one attached hydrogen (secondary N) is 3. The molecule has 3 N–H and O–H groups in total. The minimum atomic E-state index is -7.25. The van der Waals surface area contributed by atoms with E-state index in [1.54, 1.807) is 41.5 Å². The van der Waals surface area contributed by atoms with E-state index >= 15 is 0 Å². The van der Waals surface area contributed by atoms with Gasteiger partial charge in [0.2, 0.25) is 5.91 Å². The number of halogens is 9. The number of hydrogen-bond acceptors (Lipinski definition) is 6. The number of hydrogen-bond donors (Lipinski definition) is 3. The third-order valence-corrected chi connectivity index (χ3v) is 5.88. The predicted molar refractivity (Wildman–Crippen MR) is 153 cm³/mol. The number of esters is 1. The Kier molecular flexibility index (Phi) is 11.5. The third kappa shape index (κ3) is 10.00. The second kappa shape index (κ2) is 13.9. The minimum absolute atomic E-state index is 0.158. The minimum Gasteiger partial charge on any atom is -0.456 e. The molecule has 0 fully saturated rings. The maximum Gasteiger partial charge on any atom is 0.460 e. The van der Waals surface area contributed by atoms with Gasteiger partial charge in [-0.2, -0.15) is 39.5 Å². The lowest BCUT2D eigenvalue weighted by Gasteiger charge is -2.32. The molecule has 0 spiro atoms. The first kappa shape index (κ1) is 39.7. The summed E-state index contributed by atoms with van der Waals surface area (Å²) in [6, 6.07) is 7.84. The van der Waals surface area contributed by atoms with Crippen molar-refractivity contribution in [2.45, 2.75) is 89.2 Å². The SMILES string of the molecule is CC(C)(C)OC(=O)N[C@@H](Cc1ccc(NC(=O)C(F)(F)C(F)(F)C(F)(F)C(F)(F)F)cc1)C(=O)Nc1ccc(C(=O)OC(C)(C)C)cc1. The van der Waals surface area contributed by atoms with E-state index in [-0.39, 0.29) is 23.2 Å². The Hall–Kier alpha value is -4.51. The molecule has 0 bridgehead atoms. The maximum absolute atomic E-state index is 13.9. The van der Waals surface area contributed by atoms with Gasteiger partial charge in [0.15, 0.2) is 0 Å². The van der Waals surface area contributed by atoms with E-state index in [4.69, 9.17) is 9.47 Å². The van der Waals surface area contributed by atoms with Gasteiger partial charge in [0.25, 0.3) is 0 Å². The highest BCUT2D eigenvalue weighted by atomic mass is 19.4. The van der Waals surface area contributed by atoms with Crippen molar-refractivity contribution < 1.29 is 68.2 Å². The van der Waals surface area contributed by atoms with Gasteiger partial charge in [0, 0.05) is 17.8 Å². The van der Waals surface area contributed by atoms with Gasteiger partial charge in [0.1, 0.15) is 17.2 Å². The second-order valence-corrected chi connectivity index (χ2v) is 12.3. The third-order valence-electron chi connectivity index (χ3n) is 5.88. The fourth-order valence-electron chi connectivity index (χ4n) is 3.60. The van der Waals surface area contributed by atoms with E-state index in [0.717, 1.165) is 29.6 Å². The van der Waals surface area contributed by atoms with E-state index < -0.39 is 70.8 Å². The number of amides is 3. The summed E-state index contributed by atoms with van der Waals surface area (Å²) in [5, 5.41) is 6.03. The summed E-state index contributed by atoms with van der Waals surface area (Å²) in [4.78, 5) is 49.6. The fraction of sp³-hybridized carbons (Fsp3) is 0.467. The van der Waals surface area contributed by atoms with Crippen molar-refractivity contribution in [2.75, 3.05) is 10.6 Å². The molecule has 1 atom stereocenters. The zero-order chi connectivity index (χ0) is 37.1. The highest BCUT2D eigenvalue weighted by Crippen LogP contribution is 2.53. The largest absolute Gasteiger partial charge is 0.460 e. The summed E-state index contributed by atoms with van der Waals surface area (Å²) < 4.78 is 129. The molecule has 0 aliphatic carbocycles. The number of benzene rings is 2. The first-order valence-electron chi connectivity index (χ1n) is 13.8. The number of alkyl carbamates (subject to hydrolysis) is 1. The summed E-state index contributed by atoms with van der Waals surface area (Å²) in [5.74, 6) is -25.5. The lowest BCUT2D eigenvalue weighted by atomic mass is 10.0. The first-order chi connectivity index (χ1) is 21.6. The quantitative estimate of drug-likeness (QED) is 0.179. The van der Waals surface area contributed by atoms with Gasteiger partial charge >= 0.3 is 41.9 Å². The topological polar surface area (TPSA) is 123 Å². The Bertz CT molecular complexity index is 1480. The van der Waals surface area contributed by atoms with Gasteiger partial charge in [-0.15, -0.1) is 0 Å². The molecule has 0 saturated heterocycles. The zero-order valence-electron chi connectivity index (χ0n) is 26.3. The van der Waals surface area contributed by atoms with Crippen molar-refractivity contribution in [3.63, 3.8) is 0 Å². The molecule has 48 heavy (non-hydrogen) atoms. The van der Waals surface area contributed by atoms with Crippen molar-refractivity contribution in [3.8, 4) is 0 Å². The molecule has 0 aliphatic rings.